The molecule has 0 amide bonds. The van der Waals surface area contributed by atoms with Gasteiger partial charge in [0.05, 0.1) is 0 Å². The summed E-state index contributed by atoms with van der Waals surface area (Å²) in [6.07, 6.45) is 0. The van der Waals surface area contributed by atoms with Gasteiger partial charge in [0.2, 0.25) is 0 Å². The van der Waals surface area contributed by atoms with Crippen molar-refractivity contribution in [2.24, 2.45) is 5.73 Å². The molecule has 1 unspecified atom stereocenters. The van der Waals surface area contributed by atoms with Crippen molar-refractivity contribution in [2.45, 2.75) is 12.6 Å². The molecular formula is C17H19FN2O. The summed E-state index contributed by atoms with van der Waals surface area (Å²) in [6.45, 7) is 2.59. The van der Waals surface area contributed by atoms with Gasteiger partial charge in [-0.05, 0) is 23.8 Å². The van der Waals surface area contributed by atoms with Crippen molar-refractivity contribution in [3.8, 4) is 5.75 Å². The standard InChI is InChI=1S/C17H19FN2O/c18-15-6-3-5-13(10-15)16(11-19)20-8-9-21-17-7-2-1-4-14(17)12-20/h1-7,10,16H,8-9,11-12,19H2. The molecule has 4 heteroatoms. The summed E-state index contributed by atoms with van der Waals surface area (Å²) >= 11 is 0. The van der Waals surface area contributed by atoms with Gasteiger partial charge in [0.15, 0.2) is 0 Å². The number of benzene rings is 2. The summed E-state index contributed by atoms with van der Waals surface area (Å²) in [5.74, 6) is 0.701. The SMILES string of the molecule is NCC(c1cccc(F)c1)N1CCOc2ccccc2C1. The van der Waals surface area contributed by atoms with Crippen molar-refractivity contribution in [2.75, 3.05) is 19.7 Å². The third kappa shape index (κ3) is 3.06. The molecule has 1 aliphatic rings. The highest BCUT2D eigenvalue weighted by Gasteiger charge is 2.23. The molecule has 2 N–H and O–H groups in total. The Labute approximate surface area is 124 Å². The third-order valence-corrected chi connectivity index (χ3v) is 3.88. The number of fused-ring (bicyclic) bond motifs is 1. The molecule has 0 fully saturated rings. The van der Waals surface area contributed by atoms with E-state index in [2.05, 4.69) is 11.0 Å². The number of halogens is 1. The molecule has 110 valence electrons. The molecule has 1 heterocycles. The van der Waals surface area contributed by atoms with Crippen LogP contribution in [0.25, 0.3) is 0 Å². The van der Waals surface area contributed by atoms with Crippen molar-refractivity contribution < 1.29 is 9.13 Å². The Bertz CT molecular complexity index is 617. The van der Waals surface area contributed by atoms with Crippen LogP contribution in [0.5, 0.6) is 5.75 Å². The lowest BCUT2D eigenvalue weighted by Gasteiger charge is -2.29. The smallest absolute Gasteiger partial charge is 0.123 e. The van der Waals surface area contributed by atoms with Gasteiger partial charge in [-0.15, -0.1) is 0 Å². The van der Waals surface area contributed by atoms with Crippen LogP contribution in [0.2, 0.25) is 0 Å². The molecule has 2 aromatic rings. The fourth-order valence-electron chi connectivity index (χ4n) is 2.82. The maximum Gasteiger partial charge on any atom is 0.123 e. The van der Waals surface area contributed by atoms with Crippen molar-refractivity contribution in [3.63, 3.8) is 0 Å². The molecule has 0 saturated heterocycles. The summed E-state index contributed by atoms with van der Waals surface area (Å²) in [7, 11) is 0. The molecule has 0 bridgehead atoms. The Morgan fingerprint density at radius 1 is 1.19 bits per heavy atom. The van der Waals surface area contributed by atoms with Crippen LogP contribution in [0.3, 0.4) is 0 Å². The summed E-state index contributed by atoms with van der Waals surface area (Å²) < 4.78 is 19.2. The maximum atomic E-state index is 13.5. The van der Waals surface area contributed by atoms with E-state index in [4.69, 9.17) is 10.5 Å². The summed E-state index contributed by atoms with van der Waals surface area (Å²) in [5.41, 5.74) is 8.01. The lowest BCUT2D eigenvalue weighted by molar-refractivity contribution is 0.172. The largest absolute Gasteiger partial charge is 0.492 e. The zero-order chi connectivity index (χ0) is 14.7. The zero-order valence-electron chi connectivity index (χ0n) is 11.8. The van der Waals surface area contributed by atoms with Crippen LogP contribution in [0, 0.1) is 5.82 Å². The lowest BCUT2D eigenvalue weighted by atomic mass is 10.0. The first-order chi connectivity index (χ1) is 10.3. The van der Waals surface area contributed by atoms with Crippen molar-refractivity contribution in [3.05, 3.63) is 65.5 Å². The first-order valence-electron chi connectivity index (χ1n) is 7.18. The normalized spacial score (nSPS) is 16.7. The monoisotopic (exact) mass is 286 g/mol. The first-order valence-corrected chi connectivity index (χ1v) is 7.18. The van der Waals surface area contributed by atoms with E-state index in [1.807, 2.05) is 24.3 Å². The third-order valence-electron chi connectivity index (χ3n) is 3.88. The highest BCUT2D eigenvalue weighted by atomic mass is 19.1. The van der Waals surface area contributed by atoms with Crippen molar-refractivity contribution in [1.82, 2.24) is 4.90 Å². The van der Waals surface area contributed by atoms with Gasteiger partial charge in [-0.1, -0.05) is 30.3 Å². The number of ether oxygens (including phenoxy) is 1. The Kier molecular flexibility index (Phi) is 4.18. The van der Waals surface area contributed by atoms with E-state index in [-0.39, 0.29) is 11.9 Å². The molecule has 2 aromatic carbocycles. The lowest BCUT2D eigenvalue weighted by Crippen LogP contribution is -2.35. The maximum absolute atomic E-state index is 13.5. The second kappa shape index (κ2) is 6.24. The number of hydrogen-bond acceptors (Lipinski definition) is 3. The molecule has 0 saturated carbocycles. The van der Waals surface area contributed by atoms with Crippen LogP contribution in [0.1, 0.15) is 17.2 Å². The van der Waals surface area contributed by atoms with Crippen LogP contribution in [0.15, 0.2) is 48.5 Å². The van der Waals surface area contributed by atoms with E-state index in [0.717, 1.165) is 30.0 Å². The fourth-order valence-corrected chi connectivity index (χ4v) is 2.82. The average molecular weight is 286 g/mol. The molecule has 0 aromatic heterocycles. The highest BCUT2D eigenvalue weighted by molar-refractivity contribution is 5.34. The van der Waals surface area contributed by atoms with Gasteiger partial charge in [-0.3, -0.25) is 4.90 Å². The minimum absolute atomic E-state index is 0.00421. The van der Waals surface area contributed by atoms with Crippen molar-refractivity contribution >= 4 is 0 Å². The Hall–Kier alpha value is -1.91. The van der Waals surface area contributed by atoms with Gasteiger partial charge >= 0.3 is 0 Å². The number of nitrogens with zero attached hydrogens (tertiary/aromatic N) is 1. The molecular weight excluding hydrogens is 267 g/mol. The van der Waals surface area contributed by atoms with Crippen LogP contribution in [0.4, 0.5) is 4.39 Å². The minimum Gasteiger partial charge on any atom is -0.492 e. The zero-order valence-corrected chi connectivity index (χ0v) is 11.8. The molecule has 1 atom stereocenters. The summed E-state index contributed by atoms with van der Waals surface area (Å²) in [4.78, 5) is 2.25. The number of rotatable bonds is 3. The van der Waals surface area contributed by atoms with E-state index in [0.29, 0.717) is 13.2 Å². The predicted octanol–water partition coefficient (Wildman–Crippen LogP) is 2.72. The highest BCUT2D eigenvalue weighted by Crippen LogP contribution is 2.28. The molecule has 0 spiro atoms. The molecule has 0 radical (unpaired) electrons. The quantitative estimate of drug-likeness (QED) is 0.943. The van der Waals surface area contributed by atoms with E-state index < -0.39 is 0 Å². The van der Waals surface area contributed by atoms with E-state index in [9.17, 15) is 4.39 Å². The summed E-state index contributed by atoms with van der Waals surface area (Å²) in [6, 6.07) is 14.7. The van der Waals surface area contributed by atoms with Gasteiger partial charge in [0.25, 0.3) is 0 Å². The van der Waals surface area contributed by atoms with Gasteiger partial charge < -0.3 is 10.5 Å². The Morgan fingerprint density at radius 2 is 2.05 bits per heavy atom. The Balaban J connectivity index is 1.88. The molecule has 3 rings (SSSR count). The van der Waals surface area contributed by atoms with E-state index >= 15 is 0 Å². The average Bonchev–Trinajstić information content (AvgIpc) is 2.70. The Morgan fingerprint density at radius 3 is 2.86 bits per heavy atom. The van der Waals surface area contributed by atoms with Gasteiger partial charge in [0.1, 0.15) is 18.2 Å². The van der Waals surface area contributed by atoms with Gasteiger partial charge in [-0.2, -0.15) is 0 Å². The molecule has 3 nitrogen and oxygen atoms in total. The minimum atomic E-state index is -0.225. The second-order valence-electron chi connectivity index (χ2n) is 5.23. The summed E-state index contributed by atoms with van der Waals surface area (Å²) in [5, 5.41) is 0. The van der Waals surface area contributed by atoms with Crippen LogP contribution in [-0.2, 0) is 6.54 Å². The fraction of sp³-hybridized carbons (Fsp3) is 0.294. The van der Waals surface area contributed by atoms with Gasteiger partial charge in [-0.25, -0.2) is 4.39 Å². The molecule has 21 heavy (non-hydrogen) atoms. The predicted molar refractivity (Wildman–Crippen MR) is 80.5 cm³/mol. The van der Waals surface area contributed by atoms with E-state index in [1.165, 1.54) is 6.07 Å². The van der Waals surface area contributed by atoms with Crippen LogP contribution < -0.4 is 10.5 Å². The first kappa shape index (κ1) is 14.0. The van der Waals surface area contributed by atoms with E-state index in [1.54, 1.807) is 12.1 Å². The molecule has 1 aliphatic heterocycles. The van der Waals surface area contributed by atoms with Crippen LogP contribution >= 0.6 is 0 Å². The van der Waals surface area contributed by atoms with Crippen LogP contribution in [-0.4, -0.2) is 24.6 Å². The second-order valence-corrected chi connectivity index (χ2v) is 5.23. The number of para-hydroxylation sites is 1. The topological polar surface area (TPSA) is 38.5 Å². The molecule has 0 aliphatic carbocycles. The number of nitrogens with two attached hydrogens (primary N) is 1. The van der Waals surface area contributed by atoms with Gasteiger partial charge in [0, 0.05) is 31.2 Å². The van der Waals surface area contributed by atoms with Crippen molar-refractivity contribution in [1.29, 1.82) is 0 Å². The number of hydrogen-bond donors (Lipinski definition) is 1.